The van der Waals surface area contributed by atoms with Gasteiger partial charge in [0.15, 0.2) is 11.5 Å². The summed E-state index contributed by atoms with van der Waals surface area (Å²) in [6.45, 7) is 0.0846. The van der Waals surface area contributed by atoms with Gasteiger partial charge in [0.2, 0.25) is 0 Å². The minimum Gasteiger partial charge on any atom is -0.504 e. The molecule has 1 rings (SSSR count). The third-order valence-corrected chi connectivity index (χ3v) is 1.33. The van der Waals surface area contributed by atoms with Gasteiger partial charge in [-0.05, 0) is 12.1 Å². The average Bonchev–Trinajstić information content (AvgIpc) is 2.03. The van der Waals surface area contributed by atoms with Crippen LogP contribution in [0.5, 0.6) is 11.5 Å². The summed E-state index contributed by atoms with van der Waals surface area (Å²) in [4.78, 5) is 0. The number of anilines is 1. The van der Waals surface area contributed by atoms with E-state index in [1.807, 2.05) is 0 Å². The summed E-state index contributed by atoms with van der Waals surface area (Å²) in [6.07, 6.45) is 0. The van der Waals surface area contributed by atoms with Crippen molar-refractivity contribution in [2.24, 2.45) is 0 Å². The largest absolute Gasteiger partial charge is 0.504 e. The Balaban J connectivity index is 2.72. The summed E-state index contributed by atoms with van der Waals surface area (Å²) < 4.78 is 4.99. The van der Waals surface area contributed by atoms with Crippen molar-refractivity contribution < 1.29 is 14.9 Å². The van der Waals surface area contributed by atoms with Crippen LogP contribution in [0.3, 0.4) is 0 Å². The summed E-state index contributed by atoms with van der Waals surface area (Å²) in [5.41, 5.74) is 5.87. The lowest BCUT2D eigenvalue weighted by molar-refractivity contribution is 0.197. The van der Waals surface area contributed by atoms with Crippen LogP contribution in [-0.4, -0.2) is 23.4 Å². The number of nitrogens with two attached hydrogens (primary N) is 1. The highest BCUT2D eigenvalue weighted by Crippen LogP contribution is 2.27. The van der Waals surface area contributed by atoms with E-state index in [9.17, 15) is 5.11 Å². The standard InChI is InChI=1S/C8H11NO3/c9-6-1-2-8(7(11)5-6)12-4-3-10/h1-2,5,10-11H,3-4,9H2. The molecule has 0 fully saturated rings. The van der Waals surface area contributed by atoms with Gasteiger partial charge in [-0.2, -0.15) is 0 Å². The maximum Gasteiger partial charge on any atom is 0.161 e. The summed E-state index contributed by atoms with van der Waals surface area (Å²) in [5, 5.41) is 17.7. The van der Waals surface area contributed by atoms with Crippen molar-refractivity contribution in [3.63, 3.8) is 0 Å². The van der Waals surface area contributed by atoms with Crippen LogP contribution in [0.4, 0.5) is 5.69 Å². The highest BCUT2D eigenvalue weighted by Gasteiger charge is 2.00. The fourth-order valence-corrected chi connectivity index (χ4v) is 0.812. The lowest BCUT2D eigenvalue weighted by Gasteiger charge is -2.06. The zero-order chi connectivity index (χ0) is 8.97. The number of aromatic hydroxyl groups is 1. The summed E-state index contributed by atoms with van der Waals surface area (Å²) in [6, 6.07) is 4.57. The predicted molar refractivity (Wildman–Crippen MR) is 45.1 cm³/mol. The molecule has 0 aliphatic rings. The van der Waals surface area contributed by atoms with Gasteiger partial charge in [-0.1, -0.05) is 0 Å². The molecular formula is C8H11NO3. The maximum absolute atomic E-state index is 9.23. The van der Waals surface area contributed by atoms with Gasteiger partial charge >= 0.3 is 0 Å². The van der Waals surface area contributed by atoms with Crippen molar-refractivity contribution >= 4 is 5.69 Å². The number of aliphatic hydroxyl groups excluding tert-OH is 1. The normalized spacial score (nSPS) is 9.75. The molecule has 66 valence electrons. The molecule has 1 aromatic rings. The Hall–Kier alpha value is -1.42. The molecule has 4 nitrogen and oxygen atoms in total. The van der Waals surface area contributed by atoms with Crippen molar-refractivity contribution in [3.05, 3.63) is 18.2 Å². The number of hydrogen-bond donors (Lipinski definition) is 3. The van der Waals surface area contributed by atoms with E-state index in [1.165, 1.54) is 6.07 Å². The van der Waals surface area contributed by atoms with Crippen LogP contribution < -0.4 is 10.5 Å². The summed E-state index contributed by atoms with van der Waals surface area (Å²) >= 11 is 0. The maximum atomic E-state index is 9.23. The molecule has 0 bridgehead atoms. The third-order valence-electron chi connectivity index (χ3n) is 1.33. The van der Waals surface area contributed by atoms with Crippen LogP contribution in [-0.2, 0) is 0 Å². The number of phenolic OH excluding ortho intramolecular Hbond substituents is 1. The number of aliphatic hydroxyl groups is 1. The number of nitrogen functional groups attached to an aromatic ring is 1. The van der Waals surface area contributed by atoms with E-state index in [0.717, 1.165) is 0 Å². The van der Waals surface area contributed by atoms with Gasteiger partial charge in [-0.15, -0.1) is 0 Å². The van der Waals surface area contributed by atoms with Gasteiger partial charge in [0.25, 0.3) is 0 Å². The fraction of sp³-hybridized carbons (Fsp3) is 0.250. The van der Waals surface area contributed by atoms with Crippen LogP contribution in [0.1, 0.15) is 0 Å². The second kappa shape index (κ2) is 3.82. The van der Waals surface area contributed by atoms with Crippen molar-refractivity contribution in [1.82, 2.24) is 0 Å². The molecule has 0 aliphatic carbocycles. The number of phenols is 1. The quantitative estimate of drug-likeness (QED) is 0.570. The SMILES string of the molecule is Nc1ccc(OCCO)c(O)c1. The first-order valence-electron chi connectivity index (χ1n) is 3.56. The van der Waals surface area contributed by atoms with Crippen LogP contribution in [0.25, 0.3) is 0 Å². The number of ether oxygens (including phenoxy) is 1. The molecule has 0 unspecified atom stereocenters. The minimum atomic E-state index is -0.0795. The van der Waals surface area contributed by atoms with E-state index in [0.29, 0.717) is 11.4 Å². The lowest BCUT2D eigenvalue weighted by Crippen LogP contribution is -2.01. The Bertz CT molecular complexity index is 262. The topological polar surface area (TPSA) is 75.7 Å². The van der Waals surface area contributed by atoms with E-state index in [1.54, 1.807) is 12.1 Å². The Morgan fingerprint density at radius 1 is 1.42 bits per heavy atom. The van der Waals surface area contributed by atoms with Crippen LogP contribution >= 0.6 is 0 Å². The molecular weight excluding hydrogens is 158 g/mol. The van der Waals surface area contributed by atoms with Crippen LogP contribution in [0.2, 0.25) is 0 Å². The molecule has 4 heteroatoms. The zero-order valence-corrected chi connectivity index (χ0v) is 6.53. The summed E-state index contributed by atoms with van der Waals surface area (Å²) in [7, 11) is 0. The molecule has 0 radical (unpaired) electrons. The first-order chi connectivity index (χ1) is 5.74. The average molecular weight is 169 g/mol. The Labute approximate surface area is 70.2 Å². The monoisotopic (exact) mass is 169 g/mol. The molecule has 0 saturated carbocycles. The molecule has 0 atom stereocenters. The van der Waals surface area contributed by atoms with E-state index >= 15 is 0 Å². The van der Waals surface area contributed by atoms with Gasteiger partial charge in [0, 0.05) is 11.8 Å². The predicted octanol–water partition coefficient (Wildman–Crippen LogP) is 0.346. The van der Waals surface area contributed by atoms with E-state index in [2.05, 4.69) is 0 Å². The van der Waals surface area contributed by atoms with Crippen molar-refractivity contribution in [2.45, 2.75) is 0 Å². The van der Waals surface area contributed by atoms with Gasteiger partial charge < -0.3 is 20.7 Å². The Kier molecular flexibility index (Phi) is 2.76. The fourth-order valence-electron chi connectivity index (χ4n) is 0.812. The van der Waals surface area contributed by atoms with Gasteiger partial charge in [-0.3, -0.25) is 0 Å². The molecule has 0 saturated heterocycles. The highest BCUT2D eigenvalue weighted by atomic mass is 16.5. The molecule has 1 aromatic carbocycles. The summed E-state index contributed by atoms with van der Waals surface area (Å²) in [5.74, 6) is 0.321. The van der Waals surface area contributed by atoms with E-state index in [4.69, 9.17) is 15.6 Å². The first kappa shape index (κ1) is 8.67. The molecule has 0 aliphatic heterocycles. The molecule has 0 heterocycles. The molecule has 0 spiro atoms. The minimum absolute atomic E-state index is 0.0107. The van der Waals surface area contributed by atoms with Gasteiger partial charge in [0.1, 0.15) is 6.61 Å². The Morgan fingerprint density at radius 2 is 2.17 bits per heavy atom. The van der Waals surface area contributed by atoms with E-state index in [-0.39, 0.29) is 19.0 Å². The zero-order valence-electron chi connectivity index (χ0n) is 6.53. The van der Waals surface area contributed by atoms with Crippen molar-refractivity contribution in [3.8, 4) is 11.5 Å². The Morgan fingerprint density at radius 3 is 2.75 bits per heavy atom. The lowest BCUT2D eigenvalue weighted by atomic mass is 10.3. The van der Waals surface area contributed by atoms with Crippen molar-refractivity contribution in [2.75, 3.05) is 18.9 Å². The molecule has 4 N–H and O–H groups in total. The second-order valence-electron chi connectivity index (χ2n) is 2.30. The van der Waals surface area contributed by atoms with Gasteiger partial charge in [0.05, 0.1) is 6.61 Å². The molecule has 0 aromatic heterocycles. The van der Waals surface area contributed by atoms with Crippen molar-refractivity contribution in [1.29, 1.82) is 0 Å². The molecule has 12 heavy (non-hydrogen) atoms. The highest BCUT2D eigenvalue weighted by molar-refractivity contribution is 5.51. The number of rotatable bonds is 3. The van der Waals surface area contributed by atoms with Crippen LogP contribution in [0, 0.1) is 0 Å². The third kappa shape index (κ3) is 2.03. The first-order valence-corrected chi connectivity index (χ1v) is 3.56. The number of hydrogen-bond acceptors (Lipinski definition) is 4. The van der Waals surface area contributed by atoms with E-state index < -0.39 is 0 Å². The molecule has 0 amide bonds. The second-order valence-corrected chi connectivity index (χ2v) is 2.30. The van der Waals surface area contributed by atoms with Gasteiger partial charge in [-0.25, -0.2) is 0 Å². The number of benzene rings is 1. The van der Waals surface area contributed by atoms with Crippen LogP contribution in [0.15, 0.2) is 18.2 Å². The smallest absolute Gasteiger partial charge is 0.161 e.